The average molecular weight is 192 g/mol. The number of hydrogen-bond acceptors (Lipinski definition) is 5. The third kappa shape index (κ3) is 2.00. The Morgan fingerprint density at radius 3 is 2.08 bits per heavy atom. The van der Waals surface area contributed by atoms with Gasteiger partial charge in [-0.15, -0.1) is 0 Å². The van der Waals surface area contributed by atoms with Crippen molar-refractivity contribution in [1.29, 1.82) is 0 Å². The molecule has 5 nitrogen and oxygen atoms in total. The lowest BCUT2D eigenvalue weighted by Crippen LogP contribution is -2.57. The van der Waals surface area contributed by atoms with Gasteiger partial charge in [0.25, 0.3) is 0 Å². The first kappa shape index (κ1) is 10.9. The van der Waals surface area contributed by atoms with Crippen LogP contribution in [0.25, 0.3) is 0 Å². The van der Waals surface area contributed by atoms with Crippen LogP contribution in [0.5, 0.6) is 0 Å². The van der Waals surface area contributed by atoms with Crippen molar-refractivity contribution in [3.63, 3.8) is 0 Å². The van der Waals surface area contributed by atoms with Crippen LogP contribution in [0, 0.1) is 0 Å². The van der Waals surface area contributed by atoms with Crippen molar-refractivity contribution >= 4 is 0 Å². The number of hydrogen-bond donors (Lipinski definition) is 2. The summed E-state index contributed by atoms with van der Waals surface area (Å²) in [7, 11) is 2.89. The molecule has 13 heavy (non-hydrogen) atoms. The molecule has 1 heterocycles. The summed E-state index contributed by atoms with van der Waals surface area (Å²) in [6.45, 7) is 1.73. The lowest BCUT2D eigenvalue weighted by molar-refractivity contribution is -0.287. The van der Waals surface area contributed by atoms with Gasteiger partial charge in [0.15, 0.2) is 6.29 Å². The first-order valence-electron chi connectivity index (χ1n) is 4.19. The number of ether oxygens (including phenoxy) is 3. The average Bonchev–Trinajstić information content (AvgIpc) is 2.04. The smallest absolute Gasteiger partial charge is 0.184 e. The molecule has 0 amide bonds. The summed E-state index contributed by atoms with van der Waals surface area (Å²) in [6.07, 6.45) is -3.52. The van der Waals surface area contributed by atoms with Crippen molar-refractivity contribution < 1.29 is 24.4 Å². The van der Waals surface area contributed by atoms with Crippen LogP contribution in [-0.2, 0) is 14.2 Å². The number of methoxy groups -OCH3 is 2. The van der Waals surface area contributed by atoms with Crippen molar-refractivity contribution in [2.24, 2.45) is 0 Å². The van der Waals surface area contributed by atoms with Crippen LogP contribution in [0.3, 0.4) is 0 Å². The fourth-order valence-corrected chi connectivity index (χ4v) is 1.59. The van der Waals surface area contributed by atoms with E-state index in [1.54, 1.807) is 6.92 Å². The molecule has 1 rings (SSSR count). The van der Waals surface area contributed by atoms with Gasteiger partial charge in [0.1, 0.15) is 18.3 Å². The van der Waals surface area contributed by atoms with Crippen LogP contribution in [0.1, 0.15) is 6.92 Å². The van der Waals surface area contributed by atoms with Crippen LogP contribution < -0.4 is 0 Å². The van der Waals surface area contributed by atoms with Gasteiger partial charge in [-0.3, -0.25) is 0 Å². The zero-order valence-corrected chi connectivity index (χ0v) is 8.01. The Labute approximate surface area is 77.2 Å². The van der Waals surface area contributed by atoms with E-state index in [-0.39, 0.29) is 6.10 Å². The molecule has 78 valence electrons. The van der Waals surface area contributed by atoms with Gasteiger partial charge in [-0.05, 0) is 6.92 Å². The van der Waals surface area contributed by atoms with Crippen molar-refractivity contribution in [3.05, 3.63) is 0 Å². The molecule has 1 fully saturated rings. The third-order valence-electron chi connectivity index (χ3n) is 2.32. The molecule has 0 aromatic heterocycles. The molecule has 5 heteroatoms. The minimum atomic E-state index is -1.10. The molecule has 1 saturated heterocycles. The predicted molar refractivity (Wildman–Crippen MR) is 44.2 cm³/mol. The molecule has 0 aromatic rings. The lowest BCUT2D eigenvalue weighted by Gasteiger charge is -2.40. The van der Waals surface area contributed by atoms with Crippen molar-refractivity contribution in [2.75, 3.05) is 14.2 Å². The topological polar surface area (TPSA) is 68.2 Å². The monoisotopic (exact) mass is 192 g/mol. The molecule has 0 radical (unpaired) electrons. The van der Waals surface area contributed by atoms with Crippen LogP contribution in [-0.4, -0.2) is 55.1 Å². The maximum Gasteiger partial charge on any atom is 0.184 e. The van der Waals surface area contributed by atoms with E-state index in [2.05, 4.69) is 0 Å². The summed E-state index contributed by atoms with van der Waals surface area (Å²) >= 11 is 0. The second-order valence-corrected chi connectivity index (χ2v) is 3.12. The normalized spacial score (nSPS) is 46.4. The lowest BCUT2D eigenvalue weighted by atomic mass is 10.00. The molecule has 0 aliphatic carbocycles. The largest absolute Gasteiger partial charge is 0.387 e. The minimum absolute atomic E-state index is 0.346. The summed E-state index contributed by atoms with van der Waals surface area (Å²) in [4.78, 5) is 0. The van der Waals surface area contributed by atoms with E-state index < -0.39 is 24.6 Å². The van der Waals surface area contributed by atoms with Gasteiger partial charge >= 0.3 is 0 Å². The number of aliphatic hydroxyl groups is 2. The maximum atomic E-state index is 9.68. The van der Waals surface area contributed by atoms with E-state index in [4.69, 9.17) is 14.2 Å². The van der Waals surface area contributed by atoms with Gasteiger partial charge in [0, 0.05) is 14.2 Å². The van der Waals surface area contributed by atoms with Crippen LogP contribution >= 0.6 is 0 Å². The van der Waals surface area contributed by atoms with Gasteiger partial charge in [-0.25, -0.2) is 0 Å². The van der Waals surface area contributed by atoms with Crippen LogP contribution in [0.15, 0.2) is 0 Å². The highest BCUT2D eigenvalue weighted by Gasteiger charge is 2.43. The zero-order valence-electron chi connectivity index (χ0n) is 8.01. The number of rotatable bonds is 2. The summed E-state index contributed by atoms with van der Waals surface area (Å²) in [5, 5.41) is 19.0. The molecule has 2 N–H and O–H groups in total. The van der Waals surface area contributed by atoms with Crippen molar-refractivity contribution in [3.8, 4) is 0 Å². The van der Waals surface area contributed by atoms with E-state index in [1.165, 1.54) is 14.2 Å². The fourth-order valence-electron chi connectivity index (χ4n) is 1.59. The highest BCUT2D eigenvalue weighted by molar-refractivity contribution is 4.88. The Balaban J connectivity index is 2.69. The molecule has 5 atom stereocenters. The third-order valence-corrected chi connectivity index (χ3v) is 2.32. The Morgan fingerprint density at radius 1 is 1.08 bits per heavy atom. The SMILES string of the molecule is CO[C@@H]1[C@@H](O)[C@@H](OC)[C@@H](O)O[C@H]1C. The molecular weight excluding hydrogens is 176 g/mol. The van der Waals surface area contributed by atoms with Crippen molar-refractivity contribution in [1.82, 2.24) is 0 Å². The van der Waals surface area contributed by atoms with Gasteiger partial charge in [-0.1, -0.05) is 0 Å². The quantitative estimate of drug-likeness (QED) is 0.594. The van der Waals surface area contributed by atoms with E-state index in [0.29, 0.717) is 0 Å². The van der Waals surface area contributed by atoms with E-state index in [1.807, 2.05) is 0 Å². The highest BCUT2D eigenvalue weighted by Crippen LogP contribution is 2.23. The Hall–Kier alpha value is -0.200. The van der Waals surface area contributed by atoms with Crippen LogP contribution in [0.4, 0.5) is 0 Å². The highest BCUT2D eigenvalue weighted by atomic mass is 16.7. The minimum Gasteiger partial charge on any atom is -0.387 e. The summed E-state index contributed by atoms with van der Waals surface area (Å²) in [5.74, 6) is 0. The summed E-state index contributed by atoms with van der Waals surface area (Å²) in [6, 6.07) is 0. The first-order chi connectivity index (χ1) is 6.11. The zero-order chi connectivity index (χ0) is 10.0. The molecular formula is C8H16O5. The first-order valence-corrected chi connectivity index (χ1v) is 4.19. The molecule has 0 saturated carbocycles. The van der Waals surface area contributed by atoms with Gasteiger partial charge in [-0.2, -0.15) is 0 Å². The van der Waals surface area contributed by atoms with Gasteiger partial charge in [0.05, 0.1) is 6.10 Å². The van der Waals surface area contributed by atoms with Crippen LogP contribution in [0.2, 0.25) is 0 Å². The van der Waals surface area contributed by atoms with Gasteiger partial charge < -0.3 is 24.4 Å². The molecule has 1 aliphatic rings. The van der Waals surface area contributed by atoms with Gasteiger partial charge in [0.2, 0.25) is 0 Å². The van der Waals surface area contributed by atoms with E-state index in [0.717, 1.165) is 0 Å². The standard InChI is InChI=1S/C8H16O5/c1-4-6(11-2)5(9)7(12-3)8(10)13-4/h4-10H,1-3H3/t4-,5+,6-,7+,8-/m0/s1. The Bertz CT molecular complexity index is 147. The second-order valence-electron chi connectivity index (χ2n) is 3.12. The number of aliphatic hydroxyl groups excluding tert-OH is 2. The molecule has 0 spiro atoms. The molecule has 1 aliphatic heterocycles. The van der Waals surface area contributed by atoms with E-state index in [9.17, 15) is 10.2 Å². The second kappa shape index (κ2) is 4.34. The molecule has 0 unspecified atom stereocenters. The Morgan fingerprint density at radius 2 is 1.62 bits per heavy atom. The maximum absolute atomic E-state index is 9.68. The molecule has 0 aromatic carbocycles. The summed E-state index contributed by atoms with van der Waals surface area (Å²) < 4.78 is 15.0. The predicted octanol–water partition coefficient (Wildman–Crippen LogP) is -0.886. The molecule has 0 bridgehead atoms. The summed E-state index contributed by atoms with van der Waals surface area (Å²) in [5.41, 5.74) is 0. The fraction of sp³-hybridized carbons (Fsp3) is 1.00. The van der Waals surface area contributed by atoms with Crippen molar-refractivity contribution in [2.45, 2.75) is 37.6 Å². The Kier molecular flexibility index (Phi) is 3.63. The van der Waals surface area contributed by atoms with E-state index >= 15 is 0 Å².